The molecule has 146 valence electrons. The number of alkyl halides is 2. The number of ether oxygens (including phenoxy) is 1. The van der Waals surface area contributed by atoms with Crippen LogP contribution in [0.1, 0.15) is 38.2 Å². The topological polar surface area (TPSA) is 41.6 Å². The highest BCUT2D eigenvalue weighted by Gasteiger charge is 2.27. The first-order valence-corrected chi connectivity index (χ1v) is 9.13. The van der Waals surface area contributed by atoms with Gasteiger partial charge in [0.15, 0.2) is 0 Å². The van der Waals surface area contributed by atoms with E-state index in [0.717, 1.165) is 50.0 Å². The Morgan fingerprint density at radius 2 is 2.08 bits per heavy atom. The first-order valence-electron chi connectivity index (χ1n) is 9.13. The Bertz CT molecular complexity index is 609. The van der Waals surface area contributed by atoms with Crippen molar-refractivity contribution in [1.82, 2.24) is 5.32 Å². The molecule has 0 saturated carbocycles. The third-order valence-corrected chi connectivity index (χ3v) is 5.38. The van der Waals surface area contributed by atoms with Gasteiger partial charge in [-0.15, -0.1) is 12.4 Å². The van der Waals surface area contributed by atoms with E-state index in [9.17, 15) is 13.6 Å². The maximum atomic E-state index is 12.8. The fraction of sp³-hybridized carbons (Fsp3) is 0.632. The highest BCUT2D eigenvalue weighted by atomic mass is 35.5. The molecule has 1 atom stereocenters. The van der Waals surface area contributed by atoms with Crippen LogP contribution < -0.4 is 15.0 Å². The molecule has 1 unspecified atom stereocenters. The van der Waals surface area contributed by atoms with E-state index in [1.807, 2.05) is 4.90 Å². The van der Waals surface area contributed by atoms with Crippen LogP contribution >= 0.6 is 12.4 Å². The van der Waals surface area contributed by atoms with Gasteiger partial charge in [0.05, 0.1) is 0 Å². The number of amides is 1. The Balaban J connectivity index is 0.00000243. The highest BCUT2D eigenvalue weighted by Crippen LogP contribution is 2.33. The monoisotopic (exact) mass is 388 g/mol. The van der Waals surface area contributed by atoms with Gasteiger partial charge in [0.2, 0.25) is 5.91 Å². The smallest absolute Gasteiger partial charge is 0.387 e. The molecule has 1 N–H and O–H groups in total. The molecule has 3 rings (SSSR count). The van der Waals surface area contributed by atoms with Crippen LogP contribution in [0.3, 0.4) is 0 Å². The van der Waals surface area contributed by atoms with Gasteiger partial charge in [-0.3, -0.25) is 4.79 Å². The van der Waals surface area contributed by atoms with Crippen LogP contribution in [0.25, 0.3) is 0 Å². The second-order valence-corrected chi connectivity index (χ2v) is 7.09. The van der Waals surface area contributed by atoms with Crippen molar-refractivity contribution < 1.29 is 18.3 Å². The average molecular weight is 389 g/mol. The molecule has 26 heavy (non-hydrogen) atoms. The molecule has 0 radical (unpaired) electrons. The van der Waals surface area contributed by atoms with Gasteiger partial charge in [-0.05, 0) is 74.4 Å². The average Bonchev–Trinajstić information content (AvgIpc) is 2.61. The molecule has 1 amide bonds. The van der Waals surface area contributed by atoms with Crippen LogP contribution in [0.5, 0.6) is 5.75 Å². The van der Waals surface area contributed by atoms with E-state index in [2.05, 4.69) is 17.0 Å². The summed E-state index contributed by atoms with van der Waals surface area (Å²) in [5.74, 6) is 1.25. The maximum absolute atomic E-state index is 12.8. The Kier molecular flexibility index (Phi) is 7.65. The second kappa shape index (κ2) is 9.51. The zero-order valence-electron chi connectivity index (χ0n) is 15.0. The summed E-state index contributed by atoms with van der Waals surface area (Å²) in [6, 6.07) is 4.89. The normalized spacial score (nSPS) is 18.8. The summed E-state index contributed by atoms with van der Waals surface area (Å²) < 4.78 is 29.3. The number of rotatable bonds is 5. The van der Waals surface area contributed by atoms with E-state index < -0.39 is 6.61 Å². The van der Waals surface area contributed by atoms with Gasteiger partial charge in [-0.2, -0.15) is 8.78 Å². The number of nitrogens with one attached hydrogen (secondary N) is 1. The molecule has 1 saturated heterocycles. The molecule has 0 aromatic heterocycles. The van der Waals surface area contributed by atoms with Crippen molar-refractivity contribution in [3.8, 4) is 5.75 Å². The molecular weight excluding hydrogens is 362 g/mol. The van der Waals surface area contributed by atoms with E-state index >= 15 is 0 Å². The van der Waals surface area contributed by atoms with Gasteiger partial charge in [0, 0.05) is 18.7 Å². The number of hydrogen-bond acceptors (Lipinski definition) is 3. The van der Waals surface area contributed by atoms with Gasteiger partial charge < -0.3 is 15.0 Å². The minimum Gasteiger partial charge on any atom is -0.435 e. The summed E-state index contributed by atoms with van der Waals surface area (Å²) >= 11 is 0. The standard InChI is InChI=1S/C19H26F2N2O2.ClH/c1-13(14-6-8-22-9-7-14)11-18(24)23-10-2-3-15-12-16(25-19(20)21)4-5-17(15)23;/h4-5,12-14,19,22H,2-3,6-11H2,1H3;1H. The number of fused-ring (bicyclic) bond motifs is 1. The van der Waals surface area contributed by atoms with Crippen LogP contribution in [0.4, 0.5) is 14.5 Å². The summed E-state index contributed by atoms with van der Waals surface area (Å²) in [4.78, 5) is 14.7. The lowest BCUT2D eigenvalue weighted by molar-refractivity contribution is -0.120. The number of benzene rings is 1. The number of anilines is 1. The van der Waals surface area contributed by atoms with Gasteiger partial charge in [0.1, 0.15) is 5.75 Å². The van der Waals surface area contributed by atoms with Crippen LogP contribution in [-0.2, 0) is 11.2 Å². The van der Waals surface area contributed by atoms with Crippen LogP contribution in [0.2, 0.25) is 0 Å². The molecule has 1 aromatic carbocycles. The van der Waals surface area contributed by atoms with Crippen molar-refractivity contribution in [2.75, 3.05) is 24.5 Å². The first-order chi connectivity index (χ1) is 12.0. The lowest BCUT2D eigenvalue weighted by Crippen LogP contribution is -2.38. The third kappa shape index (κ3) is 5.07. The number of piperidine rings is 1. The predicted octanol–water partition coefficient (Wildman–Crippen LogP) is 4.01. The zero-order chi connectivity index (χ0) is 17.8. The molecule has 1 fully saturated rings. The molecular formula is C19H27ClF2N2O2. The highest BCUT2D eigenvalue weighted by molar-refractivity contribution is 5.94. The van der Waals surface area contributed by atoms with E-state index in [4.69, 9.17) is 0 Å². The van der Waals surface area contributed by atoms with E-state index in [1.165, 1.54) is 6.07 Å². The fourth-order valence-corrected chi connectivity index (χ4v) is 3.97. The molecule has 2 aliphatic rings. The number of nitrogens with zero attached hydrogens (tertiary/aromatic N) is 1. The largest absolute Gasteiger partial charge is 0.435 e. The summed E-state index contributed by atoms with van der Waals surface area (Å²) in [6.45, 7) is 2.09. The van der Waals surface area contributed by atoms with Gasteiger partial charge >= 0.3 is 6.61 Å². The third-order valence-electron chi connectivity index (χ3n) is 5.38. The van der Waals surface area contributed by atoms with Gasteiger partial charge in [-0.25, -0.2) is 0 Å². The predicted molar refractivity (Wildman–Crippen MR) is 100 cm³/mol. The molecule has 4 nitrogen and oxygen atoms in total. The summed E-state index contributed by atoms with van der Waals surface area (Å²) in [5, 5.41) is 3.36. The second-order valence-electron chi connectivity index (χ2n) is 7.09. The Morgan fingerprint density at radius 1 is 1.35 bits per heavy atom. The maximum Gasteiger partial charge on any atom is 0.387 e. The first kappa shape index (κ1) is 20.9. The van der Waals surface area contributed by atoms with Crippen molar-refractivity contribution in [3.63, 3.8) is 0 Å². The molecule has 0 aliphatic carbocycles. The molecule has 2 aliphatic heterocycles. The molecule has 7 heteroatoms. The number of halogens is 3. The molecule has 2 heterocycles. The zero-order valence-corrected chi connectivity index (χ0v) is 15.9. The molecule has 0 spiro atoms. The Labute approximate surface area is 159 Å². The van der Waals surface area contributed by atoms with Crippen molar-refractivity contribution in [2.24, 2.45) is 11.8 Å². The number of hydrogen-bond donors (Lipinski definition) is 1. The summed E-state index contributed by atoms with van der Waals surface area (Å²) in [6.07, 6.45) is 4.42. The van der Waals surface area contributed by atoms with E-state index in [-0.39, 0.29) is 24.1 Å². The quantitative estimate of drug-likeness (QED) is 0.828. The minimum absolute atomic E-state index is 0. The number of carbonyl (C=O) groups is 1. The van der Waals surface area contributed by atoms with Crippen molar-refractivity contribution >= 4 is 24.0 Å². The van der Waals surface area contributed by atoms with Crippen molar-refractivity contribution in [3.05, 3.63) is 23.8 Å². The fourth-order valence-electron chi connectivity index (χ4n) is 3.97. The summed E-state index contributed by atoms with van der Waals surface area (Å²) in [5.41, 5.74) is 1.75. The van der Waals surface area contributed by atoms with Crippen molar-refractivity contribution in [2.45, 2.75) is 45.6 Å². The van der Waals surface area contributed by atoms with E-state index in [1.54, 1.807) is 12.1 Å². The van der Waals surface area contributed by atoms with E-state index in [0.29, 0.717) is 24.8 Å². The number of aryl methyl sites for hydroxylation is 1. The van der Waals surface area contributed by atoms with Crippen LogP contribution in [0, 0.1) is 11.8 Å². The lowest BCUT2D eigenvalue weighted by atomic mass is 9.83. The minimum atomic E-state index is -2.83. The van der Waals surface area contributed by atoms with Crippen LogP contribution in [-0.4, -0.2) is 32.2 Å². The number of carbonyl (C=O) groups excluding carboxylic acids is 1. The van der Waals surface area contributed by atoms with Crippen LogP contribution in [0.15, 0.2) is 18.2 Å². The van der Waals surface area contributed by atoms with Crippen molar-refractivity contribution in [1.29, 1.82) is 0 Å². The Hall–Kier alpha value is -1.40. The Morgan fingerprint density at radius 3 is 2.77 bits per heavy atom. The molecule has 1 aromatic rings. The lowest BCUT2D eigenvalue weighted by Gasteiger charge is -2.33. The SMILES string of the molecule is CC(CC(=O)N1CCCc2cc(OC(F)F)ccc21)C1CCNCC1.Cl. The summed E-state index contributed by atoms with van der Waals surface area (Å²) in [7, 11) is 0. The molecule has 0 bridgehead atoms. The van der Waals surface area contributed by atoms with Gasteiger partial charge in [-0.1, -0.05) is 6.92 Å². The van der Waals surface area contributed by atoms with Gasteiger partial charge in [0.25, 0.3) is 0 Å².